The molecule has 1 amide bonds. The van der Waals surface area contributed by atoms with Gasteiger partial charge in [-0.05, 0) is 33.1 Å². The Morgan fingerprint density at radius 2 is 1.91 bits per heavy atom. The molecule has 22 heavy (non-hydrogen) atoms. The number of fused-ring (bicyclic) bond motifs is 1. The highest BCUT2D eigenvalue weighted by atomic mass is 16.6. The number of rotatable bonds is 3. The van der Waals surface area contributed by atoms with Crippen molar-refractivity contribution in [2.75, 3.05) is 0 Å². The van der Waals surface area contributed by atoms with Crippen LogP contribution in [0.25, 0.3) is 0 Å². The molecule has 5 unspecified atom stereocenters. The van der Waals surface area contributed by atoms with Gasteiger partial charge in [-0.25, -0.2) is 9.59 Å². The number of hydrogen-bond donors (Lipinski definition) is 3. The highest BCUT2D eigenvalue weighted by Crippen LogP contribution is 2.65. The van der Waals surface area contributed by atoms with Gasteiger partial charge in [0.05, 0.1) is 17.9 Å². The summed E-state index contributed by atoms with van der Waals surface area (Å²) in [4.78, 5) is 34.9. The lowest BCUT2D eigenvalue weighted by Crippen LogP contribution is -2.57. The van der Waals surface area contributed by atoms with Crippen molar-refractivity contribution in [1.82, 2.24) is 5.32 Å². The minimum Gasteiger partial charge on any atom is -0.481 e. The summed E-state index contributed by atoms with van der Waals surface area (Å²) in [5.41, 5.74) is -2.58. The zero-order valence-electron chi connectivity index (χ0n) is 12.5. The van der Waals surface area contributed by atoms with Gasteiger partial charge in [0.2, 0.25) is 0 Å². The molecule has 0 spiro atoms. The molecule has 0 bridgehead atoms. The molecule has 0 heterocycles. The second-order valence-corrected chi connectivity index (χ2v) is 6.81. The lowest BCUT2D eigenvalue weighted by molar-refractivity contribution is -0.147. The molecule has 0 saturated heterocycles. The van der Waals surface area contributed by atoms with Crippen LogP contribution in [0.3, 0.4) is 0 Å². The van der Waals surface area contributed by atoms with Crippen molar-refractivity contribution in [2.45, 2.75) is 38.3 Å². The number of nitrogens with zero attached hydrogens (tertiary/aromatic N) is 1. The van der Waals surface area contributed by atoms with Crippen LogP contribution in [-0.2, 0) is 14.3 Å². The summed E-state index contributed by atoms with van der Waals surface area (Å²) in [6, 6.07) is 1.95. The van der Waals surface area contributed by atoms with Crippen molar-refractivity contribution < 1.29 is 29.3 Å². The fraction of sp³-hybridized carbons (Fsp3) is 0.714. The Bertz CT molecular complexity index is 575. The van der Waals surface area contributed by atoms with Crippen molar-refractivity contribution in [3.8, 4) is 6.07 Å². The summed E-state index contributed by atoms with van der Waals surface area (Å²) < 4.78 is 5.06. The number of carboxylic acids is 2. The van der Waals surface area contributed by atoms with Crippen molar-refractivity contribution >= 4 is 18.0 Å². The molecule has 0 aromatic rings. The first kappa shape index (κ1) is 16.1. The van der Waals surface area contributed by atoms with Crippen LogP contribution in [0.2, 0.25) is 0 Å². The SMILES string of the molecule is CC(C)(C)OC(=O)NC1(C(=O)O)CC(C#N)C2C(C(=O)O)C21. The summed E-state index contributed by atoms with van der Waals surface area (Å²) >= 11 is 0. The van der Waals surface area contributed by atoms with E-state index in [9.17, 15) is 19.5 Å². The van der Waals surface area contributed by atoms with Crippen molar-refractivity contribution in [1.29, 1.82) is 5.26 Å². The second kappa shape index (κ2) is 4.87. The predicted molar refractivity (Wildman–Crippen MR) is 71.6 cm³/mol. The van der Waals surface area contributed by atoms with Crippen LogP contribution in [0.15, 0.2) is 0 Å². The molecule has 0 aromatic carbocycles. The summed E-state index contributed by atoms with van der Waals surface area (Å²) in [7, 11) is 0. The molecule has 120 valence electrons. The van der Waals surface area contributed by atoms with Crippen molar-refractivity contribution in [3.63, 3.8) is 0 Å². The maximum atomic E-state index is 11.9. The van der Waals surface area contributed by atoms with Gasteiger partial charge in [0, 0.05) is 5.92 Å². The highest BCUT2D eigenvalue weighted by molar-refractivity contribution is 5.89. The number of aliphatic carboxylic acids is 2. The third-order valence-corrected chi connectivity index (χ3v) is 4.21. The van der Waals surface area contributed by atoms with Crippen LogP contribution in [0, 0.1) is 35.0 Å². The lowest BCUT2D eigenvalue weighted by atomic mass is 9.87. The van der Waals surface area contributed by atoms with E-state index in [0.717, 1.165) is 0 Å². The van der Waals surface area contributed by atoms with Crippen LogP contribution >= 0.6 is 0 Å². The van der Waals surface area contributed by atoms with Gasteiger partial charge >= 0.3 is 18.0 Å². The highest BCUT2D eigenvalue weighted by Gasteiger charge is 2.76. The predicted octanol–water partition coefficient (Wildman–Crippen LogP) is 0.825. The third-order valence-electron chi connectivity index (χ3n) is 4.21. The van der Waals surface area contributed by atoms with E-state index >= 15 is 0 Å². The maximum absolute atomic E-state index is 11.9. The lowest BCUT2D eigenvalue weighted by Gasteiger charge is -2.30. The van der Waals surface area contributed by atoms with E-state index in [0.29, 0.717) is 0 Å². The number of nitriles is 1. The first-order valence-corrected chi connectivity index (χ1v) is 6.90. The van der Waals surface area contributed by atoms with Crippen molar-refractivity contribution in [2.24, 2.45) is 23.7 Å². The van der Waals surface area contributed by atoms with Crippen LogP contribution in [0.4, 0.5) is 4.79 Å². The second-order valence-electron chi connectivity index (χ2n) is 6.81. The van der Waals surface area contributed by atoms with Gasteiger partial charge in [-0.1, -0.05) is 0 Å². The van der Waals surface area contributed by atoms with Gasteiger partial charge in [0.25, 0.3) is 0 Å². The molecule has 2 fully saturated rings. The normalized spacial score (nSPS) is 35.9. The Labute approximate surface area is 127 Å². The summed E-state index contributed by atoms with van der Waals surface area (Å²) in [6.07, 6.45) is -1.04. The number of carbonyl (C=O) groups is 3. The van der Waals surface area contributed by atoms with E-state index in [1.807, 2.05) is 6.07 Å². The van der Waals surface area contributed by atoms with E-state index in [4.69, 9.17) is 15.1 Å². The Morgan fingerprint density at radius 3 is 2.32 bits per heavy atom. The van der Waals surface area contributed by atoms with E-state index in [1.54, 1.807) is 20.8 Å². The topological polar surface area (TPSA) is 137 Å². The molecule has 0 aliphatic heterocycles. The number of amides is 1. The molecule has 8 heteroatoms. The van der Waals surface area contributed by atoms with E-state index in [-0.39, 0.29) is 6.42 Å². The smallest absolute Gasteiger partial charge is 0.408 e. The average molecular weight is 310 g/mol. The zero-order valence-corrected chi connectivity index (χ0v) is 12.5. The fourth-order valence-corrected chi connectivity index (χ4v) is 3.44. The number of nitrogens with one attached hydrogen (secondary N) is 1. The number of carbonyl (C=O) groups excluding carboxylic acids is 1. The standard InChI is InChI=1S/C14H18N2O6/c1-13(2,3)22-12(21)16-14(11(19)20)4-6(5-15)7-8(9(7)14)10(17)18/h6-9H,4H2,1-3H3,(H,16,21)(H,17,18)(H,19,20). The summed E-state index contributed by atoms with van der Waals surface area (Å²) in [5, 5.41) is 30.1. The Hall–Kier alpha value is -2.30. The van der Waals surface area contributed by atoms with Gasteiger partial charge in [0.1, 0.15) is 11.1 Å². The minimum absolute atomic E-state index is 0.114. The van der Waals surface area contributed by atoms with Gasteiger partial charge < -0.3 is 20.3 Å². The zero-order chi connectivity index (χ0) is 16.9. The van der Waals surface area contributed by atoms with Gasteiger partial charge in [-0.15, -0.1) is 0 Å². The van der Waals surface area contributed by atoms with Crippen LogP contribution in [0.5, 0.6) is 0 Å². The fourth-order valence-electron chi connectivity index (χ4n) is 3.44. The Morgan fingerprint density at radius 1 is 1.32 bits per heavy atom. The summed E-state index contributed by atoms with van der Waals surface area (Å²) in [6.45, 7) is 4.90. The van der Waals surface area contributed by atoms with Crippen LogP contribution in [-0.4, -0.2) is 39.4 Å². The third kappa shape index (κ3) is 2.47. The largest absolute Gasteiger partial charge is 0.481 e. The molecular weight excluding hydrogens is 292 g/mol. The Kier molecular flexibility index (Phi) is 3.56. The van der Waals surface area contributed by atoms with Gasteiger partial charge in [-0.3, -0.25) is 4.79 Å². The molecule has 2 aliphatic rings. The van der Waals surface area contributed by atoms with E-state index in [2.05, 4.69) is 5.32 Å². The molecule has 2 saturated carbocycles. The molecule has 8 nitrogen and oxygen atoms in total. The maximum Gasteiger partial charge on any atom is 0.408 e. The average Bonchev–Trinajstić information content (AvgIpc) is 3.00. The molecule has 0 aromatic heterocycles. The Balaban J connectivity index is 2.27. The van der Waals surface area contributed by atoms with E-state index < -0.39 is 52.8 Å². The molecule has 3 N–H and O–H groups in total. The van der Waals surface area contributed by atoms with Crippen LogP contribution in [0.1, 0.15) is 27.2 Å². The number of ether oxygens (including phenoxy) is 1. The van der Waals surface area contributed by atoms with Crippen molar-refractivity contribution in [3.05, 3.63) is 0 Å². The number of carboxylic acid groups (broad SMARTS) is 2. The monoisotopic (exact) mass is 310 g/mol. The molecule has 5 atom stereocenters. The molecule has 0 radical (unpaired) electrons. The van der Waals surface area contributed by atoms with Crippen LogP contribution < -0.4 is 5.32 Å². The first-order chi connectivity index (χ1) is 10.0. The van der Waals surface area contributed by atoms with Gasteiger partial charge in [-0.2, -0.15) is 5.26 Å². The number of alkyl carbamates (subject to hydrolysis) is 1. The minimum atomic E-state index is -1.77. The first-order valence-electron chi connectivity index (χ1n) is 6.90. The van der Waals surface area contributed by atoms with E-state index in [1.165, 1.54) is 0 Å². The van der Waals surface area contributed by atoms with Gasteiger partial charge in [0.15, 0.2) is 0 Å². The molecule has 2 rings (SSSR count). The summed E-state index contributed by atoms with van der Waals surface area (Å²) in [5.74, 6) is -5.46. The molecular formula is C14H18N2O6. The number of hydrogen-bond acceptors (Lipinski definition) is 5. The molecule has 2 aliphatic carbocycles. The quantitative estimate of drug-likeness (QED) is 0.701.